The molecule has 1 aromatic heterocycles. The Kier molecular flexibility index (Phi) is 2.04. The summed E-state index contributed by atoms with van der Waals surface area (Å²) in [5.74, 6) is 0. The first-order chi connectivity index (χ1) is 6.40. The first-order valence-electron chi connectivity index (χ1n) is 4.24. The highest BCUT2D eigenvalue weighted by atomic mass is 14.7. The lowest BCUT2D eigenvalue weighted by atomic mass is 10.2. The van der Waals surface area contributed by atoms with Crippen LogP contribution >= 0.6 is 0 Å². The molecule has 13 heavy (non-hydrogen) atoms. The number of fused-ring (bicyclic) bond motifs is 1. The van der Waals surface area contributed by atoms with E-state index in [9.17, 15) is 0 Å². The Labute approximate surface area is 76.7 Å². The van der Waals surface area contributed by atoms with Crippen LogP contribution in [-0.4, -0.2) is 11.2 Å². The number of nitrogens with zero attached hydrogens (tertiary/aromatic N) is 1. The van der Waals surface area contributed by atoms with E-state index in [1.165, 1.54) is 6.21 Å². The van der Waals surface area contributed by atoms with Gasteiger partial charge in [-0.1, -0.05) is 24.3 Å². The third-order valence-electron chi connectivity index (χ3n) is 1.97. The van der Waals surface area contributed by atoms with Crippen LogP contribution in [0.15, 0.2) is 36.4 Å². The molecule has 0 fully saturated rings. The summed E-state index contributed by atoms with van der Waals surface area (Å²) in [5.41, 5.74) is 1.95. The van der Waals surface area contributed by atoms with Gasteiger partial charge >= 0.3 is 0 Å². The second-order valence-electron chi connectivity index (χ2n) is 2.90. The predicted octanol–water partition coefficient (Wildman–Crippen LogP) is 2.43. The Morgan fingerprint density at radius 1 is 1.15 bits per heavy atom. The first kappa shape index (κ1) is 7.92. The van der Waals surface area contributed by atoms with Crippen molar-refractivity contribution in [3.8, 4) is 0 Å². The van der Waals surface area contributed by atoms with Crippen LogP contribution in [0.4, 0.5) is 0 Å². The molecule has 0 saturated carbocycles. The van der Waals surface area contributed by atoms with E-state index in [0.29, 0.717) is 6.42 Å². The third-order valence-corrected chi connectivity index (χ3v) is 1.97. The number of benzene rings is 1. The van der Waals surface area contributed by atoms with Crippen molar-refractivity contribution in [3.63, 3.8) is 0 Å². The number of aromatic nitrogens is 1. The summed E-state index contributed by atoms with van der Waals surface area (Å²) >= 11 is 0. The quantitative estimate of drug-likeness (QED) is 0.690. The van der Waals surface area contributed by atoms with Crippen molar-refractivity contribution >= 4 is 17.1 Å². The second kappa shape index (κ2) is 3.35. The van der Waals surface area contributed by atoms with Crippen LogP contribution in [-0.2, 0) is 6.42 Å². The molecule has 0 aliphatic heterocycles. The van der Waals surface area contributed by atoms with Gasteiger partial charge in [-0.15, -0.1) is 0 Å². The highest BCUT2D eigenvalue weighted by Gasteiger charge is 1.95. The van der Waals surface area contributed by atoms with Crippen LogP contribution in [0.25, 0.3) is 10.9 Å². The van der Waals surface area contributed by atoms with Crippen molar-refractivity contribution in [2.45, 2.75) is 6.42 Å². The zero-order valence-corrected chi connectivity index (χ0v) is 7.20. The maximum Gasteiger partial charge on any atom is 0.0705 e. The molecule has 2 heteroatoms. The molecule has 0 amide bonds. The maximum absolute atomic E-state index is 6.98. The standard InChI is InChI=1S/C11H10N2/c12-8-7-10-6-5-9-3-1-2-4-11(9)13-10/h1-6,8,12H,7H2. The second-order valence-corrected chi connectivity index (χ2v) is 2.90. The number of pyridine rings is 1. The van der Waals surface area contributed by atoms with E-state index in [2.05, 4.69) is 4.98 Å². The lowest BCUT2D eigenvalue weighted by molar-refractivity contribution is 1.19. The highest BCUT2D eigenvalue weighted by molar-refractivity contribution is 5.78. The molecule has 1 aromatic carbocycles. The zero-order chi connectivity index (χ0) is 9.10. The van der Waals surface area contributed by atoms with Gasteiger partial charge < -0.3 is 5.41 Å². The Morgan fingerprint density at radius 3 is 2.85 bits per heavy atom. The average molecular weight is 170 g/mol. The Bertz CT molecular complexity index is 435. The van der Waals surface area contributed by atoms with E-state index in [1.807, 2.05) is 36.4 Å². The summed E-state index contributed by atoms with van der Waals surface area (Å²) in [6.45, 7) is 0. The van der Waals surface area contributed by atoms with Gasteiger partial charge in [-0.3, -0.25) is 4.98 Å². The molecule has 0 aliphatic carbocycles. The maximum atomic E-state index is 6.98. The van der Waals surface area contributed by atoms with Gasteiger partial charge in [0.1, 0.15) is 0 Å². The number of nitrogens with one attached hydrogen (secondary N) is 1. The van der Waals surface area contributed by atoms with Gasteiger partial charge in [-0.2, -0.15) is 0 Å². The van der Waals surface area contributed by atoms with Crippen molar-refractivity contribution in [2.24, 2.45) is 0 Å². The molecule has 0 atom stereocenters. The van der Waals surface area contributed by atoms with Crippen LogP contribution in [0.5, 0.6) is 0 Å². The molecular formula is C11H10N2. The van der Waals surface area contributed by atoms with Gasteiger partial charge in [0.25, 0.3) is 0 Å². The van der Waals surface area contributed by atoms with Crippen molar-refractivity contribution in [1.29, 1.82) is 5.41 Å². The molecule has 0 saturated heterocycles. The molecule has 0 aliphatic rings. The SMILES string of the molecule is N=CCc1ccc2ccccc2n1. The lowest BCUT2D eigenvalue weighted by Crippen LogP contribution is -1.90. The normalized spacial score (nSPS) is 10.2. The van der Waals surface area contributed by atoms with Crippen molar-refractivity contribution < 1.29 is 0 Å². The Hall–Kier alpha value is -1.70. The summed E-state index contributed by atoms with van der Waals surface area (Å²) in [6.07, 6.45) is 1.99. The molecule has 2 nitrogen and oxygen atoms in total. The van der Waals surface area contributed by atoms with Crippen LogP contribution in [0.3, 0.4) is 0 Å². The molecule has 0 radical (unpaired) electrons. The molecule has 2 aromatic rings. The molecule has 2 rings (SSSR count). The topological polar surface area (TPSA) is 36.7 Å². The third kappa shape index (κ3) is 1.56. The van der Waals surface area contributed by atoms with Crippen molar-refractivity contribution in [2.75, 3.05) is 0 Å². The zero-order valence-electron chi connectivity index (χ0n) is 7.20. The van der Waals surface area contributed by atoms with E-state index in [4.69, 9.17) is 5.41 Å². The van der Waals surface area contributed by atoms with E-state index in [0.717, 1.165) is 16.6 Å². The van der Waals surface area contributed by atoms with Crippen molar-refractivity contribution in [3.05, 3.63) is 42.1 Å². The van der Waals surface area contributed by atoms with E-state index < -0.39 is 0 Å². The number of hydrogen-bond acceptors (Lipinski definition) is 2. The fourth-order valence-electron chi connectivity index (χ4n) is 1.33. The first-order valence-corrected chi connectivity index (χ1v) is 4.24. The van der Waals surface area contributed by atoms with Gasteiger partial charge in [0.2, 0.25) is 0 Å². The van der Waals surface area contributed by atoms with Gasteiger partial charge in [-0.05, 0) is 12.1 Å². The number of para-hydroxylation sites is 1. The summed E-state index contributed by atoms with van der Waals surface area (Å²) < 4.78 is 0. The van der Waals surface area contributed by atoms with Crippen LogP contribution in [0.2, 0.25) is 0 Å². The molecule has 1 heterocycles. The van der Waals surface area contributed by atoms with Gasteiger partial charge in [0, 0.05) is 23.7 Å². The van der Waals surface area contributed by atoms with E-state index in [1.54, 1.807) is 0 Å². The Morgan fingerprint density at radius 2 is 2.00 bits per heavy atom. The van der Waals surface area contributed by atoms with Gasteiger partial charge in [0.15, 0.2) is 0 Å². The van der Waals surface area contributed by atoms with Gasteiger partial charge in [-0.25, -0.2) is 0 Å². The minimum Gasteiger partial charge on any atom is -0.313 e. The minimum absolute atomic E-state index is 0.616. The summed E-state index contributed by atoms with van der Waals surface area (Å²) in [7, 11) is 0. The number of hydrogen-bond donors (Lipinski definition) is 1. The number of rotatable bonds is 2. The largest absolute Gasteiger partial charge is 0.313 e. The molecule has 0 spiro atoms. The van der Waals surface area contributed by atoms with Crippen LogP contribution < -0.4 is 0 Å². The monoisotopic (exact) mass is 170 g/mol. The van der Waals surface area contributed by atoms with Gasteiger partial charge in [0.05, 0.1) is 5.52 Å². The molecule has 0 unspecified atom stereocenters. The van der Waals surface area contributed by atoms with E-state index in [-0.39, 0.29) is 0 Å². The molecule has 0 bridgehead atoms. The minimum atomic E-state index is 0.616. The summed E-state index contributed by atoms with van der Waals surface area (Å²) in [4.78, 5) is 4.41. The average Bonchev–Trinajstić information content (AvgIpc) is 2.18. The molecule has 1 N–H and O–H groups in total. The fourth-order valence-corrected chi connectivity index (χ4v) is 1.33. The molecule has 64 valence electrons. The molecular weight excluding hydrogens is 160 g/mol. The summed E-state index contributed by atoms with van der Waals surface area (Å²) in [5, 5.41) is 8.13. The van der Waals surface area contributed by atoms with Crippen LogP contribution in [0, 0.1) is 5.41 Å². The Balaban J connectivity index is 2.55. The van der Waals surface area contributed by atoms with Crippen molar-refractivity contribution in [1.82, 2.24) is 4.98 Å². The van der Waals surface area contributed by atoms with E-state index >= 15 is 0 Å². The smallest absolute Gasteiger partial charge is 0.0705 e. The summed E-state index contributed by atoms with van der Waals surface area (Å²) in [6, 6.07) is 12.0. The fraction of sp³-hybridized carbons (Fsp3) is 0.0909. The highest BCUT2D eigenvalue weighted by Crippen LogP contribution is 2.11. The predicted molar refractivity (Wildman–Crippen MR) is 54.2 cm³/mol. The van der Waals surface area contributed by atoms with Crippen LogP contribution in [0.1, 0.15) is 5.69 Å². The lowest BCUT2D eigenvalue weighted by Gasteiger charge is -1.98.